The van der Waals surface area contributed by atoms with E-state index >= 15 is 0 Å². The number of phenols is 1. The Morgan fingerprint density at radius 2 is 1.69 bits per heavy atom. The standard InChI is InChI=1S/C25H35N3O3S/c1-6-8-14-28(15-9-7-2)32-27(5)25(30)31-22-16-19(3)24(20(4)17-22)26-18-21-12-10-11-13-23(21)29/h10-13,16-18,29H,6-9,14-15H2,1-5H3. The van der Waals surface area contributed by atoms with Gasteiger partial charge in [-0.3, -0.25) is 4.99 Å². The monoisotopic (exact) mass is 457 g/mol. The number of ether oxygens (including phenoxy) is 1. The molecule has 2 aromatic carbocycles. The minimum Gasteiger partial charge on any atom is -0.507 e. The minimum absolute atomic E-state index is 0.185. The zero-order chi connectivity index (χ0) is 23.5. The van der Waals surface area contributed by atoms with Gasteiger partial charge in [0, 0.05) is 44.0 Å². The molecule has 0 aliphatic carbocycles. The van der Waals surface area contributed by atoms with E-state index in [4.69, 9.17) is 4.74 Å². The molecule has 2 aromatic rings. The first-order valence-corrected chi connectivity index (χ1v) is 11.9. The summed E-state index contributed by atoms with van der Waals surface area (Å²) in [6.07, 6.45) is 5.67. The summed E-state index contributed by atoms with van der Waals surface area (Å²) in [7, 11) is 1.74. The molecule has 0 aliphatic rings. The third kappa shape index (κ3) is 7.88. The van der Waals surface area contributed by atoms with E-state index in [-0.39, 0.29) is 5.75 Å². The molecule has 0 aromatic heterocycles. The number of rotatable bonds is 11. The van der Waals surface area contributed by atoms with E-state index in [2.05, 4.69) is 23.1 Å². The molecule has 0 bridgehead atoms. The number of amides is 1. The van der Waals surface area contributed by atoms with Crippen LogP contribution in [0.25, 0.3) is 0 Å². The number of para-hydroxylation sites is 1. The molecule has 0 atom stereocenters. The van der Waals surface area contributed by atoms with Gasteiger partial charge in [-0.05, 0) is 62.1 Å². The van der Waals surface area contributed by atoms with Crippen molar-refractivity contribution >= 4 is 30.1 Å². The summed E-state index contributed by atoms with van der Waals surface area (Å²) in [6.45, 7) is 10.1. The predicted molar refractivity (Wildman–Crippen MR) is 134 cm³/mol. The molecule has 0 fully saturated rings. The van der Waals surface area contributed by atoms with Crippen LogP contribution in [0, 0.1) is 13.8 Å². The lowest BCUT2D eigenvalue weighted by Gasteiger charge is -2.25. The highest BCUT2D eigenvalue weighted by Crippen LogP contribution is 2.30. The van der Waals surface area contributed by atoms with Gasteiger partial charge in [0.1, 0.15) is 11.5 Å². The Morgan fingerprint density at radius 1 is 1.09 bits per heavy atom. The van der Waals surface area contributed by atoms with Crippen LogP contribution in [0.5, 0.6) is 11.5 Å². The van der Waals surface area contributed by atoms with Gasteiger partial charge in [-0.25, -0.2) is 13.4 Å². The number of phenolic OH excluding ortho intramolecular Hbond substituents is 1. The fourth-order valence-corrected chi connectivity index (χ4v) is 4.02. The van der Waals surface area contributed by atoms with E-state index in [1.54, 1.807) is 35.8 Å². The van der Waals surface area contributed by atoms with Crippen molar-refractivity contribution < 1.29 is 14.6 Å². The molecule has 0 spiro atoms. The highest BCUT2D eigenvalue weighted by atomic mass is 32.2. The molecule has 32 heavy (non-hydrogen) atoms. The number of aromatic hydroxyl groups is 1. The van der Waals surface area contributed by atoms with Gasteiger partial charge in [0.25, 0.3) is 0 Å². The number of benzene rings is 2. The normalized spacial score (nSPS) is 11.3. The first-order valence-electron chi connectivity index (χ1n) is 11.2. The zero-order valence-electron chi connectivity index (χ0n) is 19.8. The molecule has 0 radical (unpaired) electrons. The molecule has 0 saturated heterocycles. The summed E-state index contributed by atoms with van der Waals surface area (Å²) in [5.74, 6) is 0.678. The van der Waals surface area contributed by atoms with Crippen molar-refractivity contribution in [1.29, 1.82) is 0 Å². The van der Waals surface area contributed by atoms with Gasteiger partial charge in [0.2, 0.25) is 0 Å². The van der Waals surface area contributed by atoms with Gasteiger partial charge >= 0.3 is 6.09 Å². The van der Waals surface area contributed by atoms with E-state index in [1.807, 2.05) is 32.0 Å². The second kappa shape index (κ2) is 13.1. The van der Waals surface area contributed by atoms with Crippen LogP contribution in [0.3, 0.4) is 0 Å². The maximum absolute atomic E-state index is 12.7. The van der Waals surface area contributed by atoms with Crippen LogP contribution in [-0.2, 0) is 0 Å². The number of carbonyl (C=O) groups excluding carboxylic acids is 1. The van der Waals surface area contributed by atoms with E-state index in [1.165, 1.54) is 12.1 Å². The van der Waals surface area contributed by atoms with Crippen LogP contribution in [0.1, 0.15) is 56.2 Å². The van der Waals surface area contributed by atoms with E-state index in [0.717, 1.165) is 55.6 Å². The molecule has 6 nitrogen and oxygen atoms in total. The predicted octanol–water partition coefficient (Wildman–Crippen LogP) is 6.66. The van der Waals surface area contributed by atoms with Crippen molar-refractivity contribution in [2.24, 2.45) is 4.99 Å². The third-order valence-corrected chi connectivity index (χ3v) is 5.95. The molecule has 7 heteroatoms. The molecule has 0 heterocycles. The Balaban J connectivity index is 2.05. The lowest BCUT2D eigenvalue weighted by molar-refractivity contribution is 0.186. The maximum Gasteiger partial charge on any atom is 0.426 e. The molecule has 174 valence electrons. The Morgan fingerprint density at radius 3 is 2.25 bits per heavy atom. The summed E-state index contributed by atoms with van der Waals surface area (Å²) in [5, 5.41) is 9.92. The number of unbranched alkanes of at least 4 members (excludes halogenated alkanes) is 2. The Hall–Kier alpha value is -2.51. The number of aliphatic imine (C=N–C) groups is 1. The van der Waals surface area contributed by atoms with E-state index in [9.17, 15) is 9.90 Å². The topological polar surface area (TPSA) is 65.4 Å². The van der Waals surface area contributed by atoms with Crippen LogP contribution in [-0.4, -0.2) is 46.2 Å². The fourth-order valence-electron chi connectivity index (χ4n) is 3.14. The van der Waals surface area contributed by atoms with Crippen molar-refractivity contribution in [1.82, 2.24) is 8.61 Å². The Bertz CT molecular complexity index is 886. The van der Waals surface area contributed by atoms with Gasteiger partial charge in [-0.2, -0.15) is 0 Å². The van der Waals surface area contributed by atoms with E-state index < -0.39 is 6.09 Å². The van der Waals surface area contributed by atoms with Gasteiger partial charge in [0.05, 0.1) is 5.69 Å². The van der Waals surface area contributed by atoms with Gasteiger partial charge in [0.15, 0.2) is 0 Å². The van der Waals surface area contributed by atoms with Crippen molar-refractivity contribution in [2.75, 3.05) is 20.1 Å². The fraction of sp³-hybridized carbons (Fsp3) is 0.440. The number of aryl methyl sites for hydroxylation is 2. The summed E-state index contributed by atoms with van der Waals surface area (Å²) >= 11 is 1.42. The SMILES string of the molecule is CCCCN(CCCC)SN(C)C(=O)Oc1cc(C)c(N=Cc2ccccc2O)c(C)c1. The Kier molecular flexibility index (Phi) is 10.6. The average molecular weight is 458 g/mol. The lowest BCUT2D eigenvalue weighted by Crippen LogP contribution is -2.30. The molecule has 2 rings (SSSR count). The second-order valence-electron chi connectivity index (χ2n) is 7.81. The Labute approximate surface area is 196 Å². The smallest absolute Gasteiger partial charge is 0.426 e. The van der Waals surface area contributed by atoms with Crippen molar-refractivity contribution in [3.8, 4) is 11.5 Å². The molecule has 0 saturated carbocycles. The highest BCUT2D eigenvalue weighted by molar-refractivity contribution is 7.95. The second-order valence-corrected chi connectivity index (χ2v) is 9.03. The van der Waals surface area contributed by atoms with Crippen molar-refractivity contribution in [3.63, 3.8) is 0 Å². The molecular formula is C25H35N3O3S. The van der Waals surface area contributed by atoms with E-state index in [0.29, 0.717) is 11.3 Å². The van der Waals surface area contributed by atoms with Crippen LogP contribution in [0.15, 0.2) is 41.4 Å². The van der Waals surface area contributed by atoms with Crippen LogP contribution >= 0.6 is 12.1 Å². The van der Waals surface area contributed by atoms with Gasteiger partial charge in [-0.1, -0.05) is 38.8 Å². The third-order valence-electron chi connectivity index (χ3n) is 4.96. The molecule has 0 unspecified atom stereocenters. The van der Waals surface area contributed by atoms with Crippen molar-refractivity contribution in [3.05, 3.63) is 53.1 Å². The summed E-state index contributed by atoms with van der Waals surface area (Å²) in [4.78, 5) is 17.2. The molecule has 0 aliphatic heterocycles. The highest BCUT2D eigenvalue weighted by Gasteiger charge is 2.17. The summed E-state index contributed by atoms with van der Waals surface area (Å²) < 4.78 is 9.40. The first-order chi connectivity index (χ1) is 15.3. The molecular weight excluding hydrogens is 422 g/mol. The first kappa shape index (κ1) is 25.7. The minimum atomic E-state index is -0.405. The van der Waals surface area contributed by atoms with Gasteiger partial charge < -0.3 is 9.84 Å². The molecule has 1 amide bonds. The van der Waals surface area contributed by atoms with Crippen molar-refractivity contribution in [2.45, 2.75) is 53.4 Å². The largest absolute Gasteiger partial charge is 0.507 e. The zero-order valence-corrected chi connectivity index (χ0v) is 20.6. The quantitative estimate of drug-likeness (QED) is 0.302. The lowest BCUT2D eigenvalue weighted by atomic mass is 10.1. The summed E-state index contributed by atoms with van der Waals surface area (Å²) in [6, 6.07) is 10.7. The van der Waals surface area contributed by atoms with Crippen LogP contribution in [0.2, 0.25) is 0 Å². The number of hydrogen-bond donors (Lipinski definition) is 1. The number of hydrogen-bond acceptors (Lipinski definition) is 6. The van der Waals surface area contributed by atoms with Gasteiger partial charge in [-0.15, -0.1) is 0 Å². The maximum atomic E-state index is 12.7. The van der Waals surface area contributed by atoms with Crippen LogP contribution in [0.4, 0.5) is 10.5 Å². The average Bonchev–Trinajstić information content (AvgIpc) is 2.76. The number of carbonyl (C=O) groups is 1. The van der Waals surface area contributed by atoms with Crippen LogP contribution < -0.4 is 4.74 Å². The number of nitrogens with zero attached hydrogens (tertiary/aromatic N) is 3. The molecule has 1 N–H and O–H groups in total. The summed E-state index contributed by atoms with van der Waals surface area (Å²) in [5.41, 5.74) is 3.22.